The molecule has 0 aliphatic heterocycles. The van der Waals surface area contributed by atoms with Crippen molar-refractivity contribution in [3.63, 3.8) is 0 Å². The highest BCUT2D eigenvalue weighted by Crippen LogP contribution is 2.20. The molecule has 1 aromatic carbocycles. The number of benzene rings is 1. The molecule has 7 heteroatoms. The Balaban J connectivity index is 2.35. The molecule has 0 spiro atoms. The molecule has 0 saturated carbocycles. The van der Waals surface area contributed by atoms with Gasteiger partial charge in [0.25, 0.3) is 10.0 Å². The molecule has 100 valence electrons. The predicted molar refractivity (Wildman–Crippen MR) is 70.6 cm³/mol. The van der Waals surface area contributed by atoms with Gasteiger partial charge in [-0.15, -0.1) is 0 Å². The molecule has 2 rings (SSSR count). The fourth-order valence-electron chi connectivity index (χ4n) is 1.62. The summed E-state index contributed by atoms with van der Waals surface area (Å²) in [6.07, 6.45) is 1.11. The van der Waals surface area contributed by atoms with Gasteiger partial charge in [0.15, 0.2) is 0 Å². The third kappa shape index (κ3) is 3.00. The molecule has 0 atom stereocenters. The molecule has 2 aromatic rings. The Hall–Kier alpha value is -2.15. The average Bonchev–Trinajstić information content (AvgIpc) is 2.31. The van der Waals surface area contributed by atoms with Gasteiger partial charge in [0.2, 0.25) is 5.95 Å². The Morgan fingerprint density at radius 1 is 1.26 bits per heavy atom. The molecule has 0 aliphatic carbocycles. The molecule has 0 saturated heterocycles. The first kappa shape index (κ1) is 13.3. The topological polar surface area (TPSA) is 85.1 Å². The summed E-state index contributed by atoms with van der Waals surface area (Å²) in [6, 6.07) is 6.87. The highest BCUT2D eigenvalue weighted by atomic mass is 32.2. The second kappa shape index (κ2) is 4.85. The van der Waals surface area contributed by atoms with Gasteiger partial charge in [-0.1, -0.05) is 0 Å². The Morgan fingerprint density at radius 2 is 2.00 bits per heavy atom. The molecule has 5 nitrogen and oxygen atoms in total. The van der Waals surface area contributed by atoms with Crippen LogP contribution in [0.25, 0.3) is 0 Å². The summed E-state index contributed by atoms with van der Waals surface area (Å²) in [4.78, 5) is 3.50. The van der Waals surface area contributed by atoms with Gasteiger partial charge in [-0.05, 0) is 42.8 Å². The van der Waals surface area contributed by atoms with Crippen molar-refractivity contribution < 1.29 is 12.8 Å². The highest BCUT2D eigenvalue weighted by molar-refractivity contribution is 7.92. The van der Waals surface area contributed by atoms with Gasteiger partial charge in [-0.2, -0.15) is 4.39 Å². The lowest BCUT2D eigenvalue weighted by molar-refractivity contribution is 0.583. The van der Waals surface area contributed by atoms with Gasteiger partial charge >= 0.3 is 0 Å². The van der Waals surface area contributed by atoms with E-state index in [0.29, 0.717) is 11.3 Å². The number of anilines is 2. The molecule has 3 N–H and O–H groups in total. The molecule has 0 fully saturated rings. The fraction of sp³-hybridized carbons (Fsp3) is 0.0833. The number of nitrogens with two attached hydrogens (primary N) is 1. The Kier molecular flexibility index (Phi) is 3.39. The second-order valence-electron chi connectivity index (χ2n) is 4.00. The second-order valence-corrected chi connectivity index (χ2v) is 5.65. The number of pyridine rings is 1. The molecular formula is C12H12FN3O2S. The number of nitrogen functional groups attached to an aromatic ring is 1. The Morgan fingerprint density at radius 3 is 2.58 bits per heavy atom. The van der Waals surface area contributed by atoms with E-state index >= 15 is 0 Å². The monoisotopic (exact) mass is 281 g/mol. The summed E-state index contributed by atoms with van der Waals surface area (Å²) in [5, 5.41) is 0. The van der Waals surface area contributed by atoms with Crippen molar-refractivity contribution in [2.75, 3.05) is 10.5 Å². The Bertz CT molecular complexity index is 699. The minimum Gasteiger partial charge on any atom is -0.399 e. The number of nitrogens with zero attached hydrogens (tertiary/aromatic N) is 1. The number of aromatic nitrogens is 1. The van der Waals surface area contributed by atoms with Gasteiger partial charge in [0.1, 0.15) is 0 Å². The van der Waals surface area contributed by atoms with Crippen LogP contribution in [0.1, 0.15) is 5.56 Å². The minimum atomic E-state index is -3.74. The molecule has 0 aliphatic rings. The smallest absolute Gasteiger partial charge is 0.262 e. The lowest BCUT2D eigenvalue weighted by Gasteiger charge is -2.10. The number of nitrogens with one attached hydrogen (secondary N) is 1. The van der Waals surface area contributed by atoms with Crippen LogP contribution < -0.4 is 10.5 Å². The van der Waals surface area contributed by atoms with Crippen molar-refractivity contribution in [1.29, 1.82) is 0 Å². The first-order chi connectivity index (χ1) is 8.88. The van der Waals surface area contributed by atoms with E-state index in [1.54, 1.807) is 13.0 Å². The standard InChI is InChI=1S/C12H12FN3O2S/c1-8-6-9(14)2-4-11(8)19(17,18)16-10-3-5-12(13)15-7-10/h2-7,16H,14H2,1H3. The van der Waals surface area contributed by atoms with Crippen molar-refractivity contribution in [1.82, 2.24) is 4.98 Å². The van der Waals surface area contributed by atoms with E-state index in [1.807, 2.05) is 0 Å². The summed E-state index contributed by atoms with van der Waals surface area (Å²) in [5.74, 6) is -0.674. The van der Waals surface area contributed by atoms with Crippen LogP contribution in [0, 0.1) is 12.9 Å². The number of sulfonamides is 1. The number of halogens is 1. The number of hydrogen-bond donors (Lipinski definition) is 2. The molecule has 0 bridgehead atoms. The van der Waals surface area contributed by atoms with Gasteiger partial charge in [0, 0.05) is 5.69 Å². The third-order valence-corrected chi connectivity index (χ3v) is 4.01. The van der Waals surface area contributed by atoms with Crippen LogP contribution in [0.5, 0.6) is 0 Å². The average molecular weight is 281 g/mol. The SMILES string of the molecule is Cc1cc(N)ccc1S(=O)(=O)Nc1ccc(F)nc1. The zero-order valence-electron chi connectivity index (χ0n) is 10.1. The molecular weight excluding hydrogens is 269 g/mol. The van der Waals surface area contributed by atoms with Crippen molar-refractivity contribution in [2.45, 2.75) is 11.8 Å². The molecule has 0 amide bonds. The Labute approximate surface area is 110 Å². The zero-order valence-corrected chi connectivity index (χ0v) is 10.9. The van der Waals surface area contributed by atoms with E-state index in [4.69, 9.17) is 5.73 Å². The van der Waals surface area contributed by atoms with E-state index in [9.17, 15) is 12.8 Å². The highest BCUT2D eigenvalue weighted by Gasteiger charge is 2.17. The fourth-order valence-corrected chi connectivity index (χ4v) is 2.89. The van der Waals surface area contributed by atoms with E-state index in [-0.39, 0.29) is 10.6 Å². The van der Waals surface area contributed by atoms with Crippen molar-refractivity contribution >= 4 is 21.4 Å². The van der Waals surface area contributed by atoms with Gasteiger partial charge in [-0.3, -0.25) is 4.72 Å². The molecule has 1 aromatic heterocycles. The van der Waals surface area contributed by atoms with Crippen LogP contribution in [0.4, 0.5) is 15.8 Å². The summed E-state index contributed by atoms with van der Waals surface area (Å²) in [6.45, 7) is 1.65. The van der Waals surface area contributed by atoms with Crippen molar-refractivity contribution in [2.24, 2.45) is 0 Å². The van der Waals surface area contributed by atoms with Crippen LogP contribution in [-0.2, 0) is 10.0 Å². The first-order valence-corrected chi connectivity index (χ1v) is 6.87. The predicted octanol–water partition coefficient (Wildman–Crippen LogP) is 1.91. The van der Waals surface area contributed by atoms with Crippen molar-refractivity contribution in [3.8, 4) is 0 Å². The van der Waals surface area contributed by atoms with Crippen LogP contribution in [0.2, 0.25) is 0 Å². The van der Waals surface area contributed by atoms with E-state index in [1.165, 1.54) is 18.2 Å². The molecule has 19 heavy (non-hydrogen) atoms. The maximum Gasteiger partial charge on any atom is 0.262 e. The summed E-state index contributed by atoms with van der Waals surface area (Å²) < 4.78 is 39.3. The number of rotatable bonds is 3. The number of aryl methyl sites for hydroxylation is 1. The normalized spacial score (nSPS) is 11.3. The van der Waals surface area contributed by atoms with Crippen LogP contribution in [-0.4, -0.2) is 13.4 Å². The molecule has 0 radical (unpaired) electrons. The van der Waals surface area contributed by atoms with E-state index in [2.05, 4.69) is 9.71 Å². The first-order valence-electron chi connectivity index (χ1n) is 5.39. The van der Waals surface area contributed by atoms with Crippen LogP contribution in [0.3, 0.4) is 0 Å². The summed E-state index contributed by atoms with van der Waals surface area (Å²) in [5.41, 5.74) is 6.78. The lowest BCUT2D eigenvalue weighted by Crippen LogP contribution is -2.14. The van der Waals surface area contributed by atoms with Gasteiger partial charge in [0.05, 0.1) is 16.8 Å². The largest absolute Gasteiger partial charge is 0.399 e. The van der Waals surface area contributed by atoms with E-state index < -0.39 is 16.0 Å². The molecule has 1 heterocycles. The minimum absolute atomic E-state index is 0.117. The zero-order chi connectivity index (χ0) is 14.0. The van der Waals surface area contributed by atoms with Crippen LogP contribution >= 0.6 is 0 Å². The lowest BCUT2D eigenvalue weighted by atomic mass is 10.2. The third-order valence-electron chi connectivity index (χ3n) is 2.47. The summed E-state index contributed by atoms with van der Waals surface area (Å²) >= 11 is 0. The van der Waals surface area contributed by atoms with Gasteiger partial charge in [-0.25, -0.2) is 13.4 Å². The van der Waals surface area contributed by atoms with Crippen LogP contribution in [0.15, 0.2) is 41.4 Å². The van der Waals surface area contributed by atoms with E-state index in [0.717, 1.165) is 12.3 Å². The molecule has 0 unspecified atom stereocenters. The van der Waals surface area contributed by atoms with Crippen molar-refractivity contribution in [3.05, 3.63) is 48.0 Å². The van der Waals surface area contributed by atoms with Gasteiger partial charge < -0.3 is 5.73 Å². The number of hydrogen-bond acceptors (Lipinski definition) is 4. The maximum absolute atomic E-state index is 12.6. The summed E-state index contributed by atoms with van der Waals surface area (Å²) in [7, 11) is -3.74. The quantitative estimate of drug-likeness (QED) is 0.665. The maximum atomic E-state index is 12.6.